The molecule has 286 valence electrons. The lowest BCUT2D eigenvalue weighted by Gasteiger charge is -2.15. The molecule has 0 amide bonds. The summed E-state index contributed by atoms with van der Waals surface area (Å²) in [4.78, 5) is 24.3. The van der Waals surface area contributed by atoms with Crippen LogP contribution >= 0.6 is 0 Å². The summed E-state index contributed by atoms with van der Waals surface area (Å²) in [6, 6.07) is 0. The van der Waals surface area contributed by atoms with Crippen molar-refractivity contribution in [3.8, 4) is 0 Å². The Morgan fingerprint density at radius 1 is 0.479 bits per heavy atom. The SMILES string of the molecule is CCCCCCCCCCCCCCC(=O)OC[C@H](CO)OC(=O)CCCCCCCCCCCCCCCCCCCCC(C)CC. The summed E-state index contributed by atoms with van der Waals surface area (Å²) in [7, 11) is 0. The average Bonchev–Trinajstić information content (AvgIpc) is 3.09. The van der Waals surface area contributed by atoms with Crippen LogP contribution in [0.5, 0.6) is 0 Å². The van der Waals surface area contributed by atoms with Gasteiger partial charge in [0.25, 0.3) is 0 Å². The van der Waals surface area contributed by atoms with Crippen LogP contribution in [0.3, 0.4) is 0 Å². The first-order valence-corrected chi connectivity index (χ1v) is 21.5. The maximum atomic E-state index is 12.2. The molecule has 0 bridgehead atoms. The van der Waals surface area contributed by atoms with Crippen LogP contribution in [0.1, 0.15) is 239 Å². The van der Waals surface area contributed by atoms with Gasteiger partial charge in [-0.05, 0) is 18.8 Å². The van der Waals surface area contributed by atoms with Crippen molar-refractivity contribution in [1.82, 2.24) is 0 Å². The standard InChI is InChI=1S/C43H84O5/c1-4-6-7-8-9-10-11-21-24-27-30-33-36-42(45)47-39-41(38-44)48-43(46)37-34-31-28-25-22-19-17-15-13-12-14-16-18-20-23-26-29-32-35-40(3)5-2/h40-41,44H,4-39H2,1-3H3/t40?,41-/m0/s1. The molecule has 48 heavy (non-hydrogen) atoms. The third kappa shape index (κ3) is 36.2. The van der Waals surface area contributed by atoms with Gasteiger partial charge >= 0.3 is 11.9 Å². The first kappa shape index (κ1) is 46.9. The first-order valence-electron chi connectivity index (χ1n) is 21.5. The third-order valence-electron chi connectivity index (χ3n) is 10.2. The number of aliphatic hydroxyl groups is 1. The lowest BCUT2D eigenvalue weighted by molar-refractivity contribution is -0.161. The van der Waals surface area contributed by atoms with Gasteiger partial charge in [0.05, 0.1) is 6.61 Å². The quantitative estimate of drug-likeness (QED) is 0.0517. The summed E-state index contributed by atoms with van der Waals surface area (Å²) in [6.07, 6.45) is 41.7. The van der Waals surface area contributed by atoms with E-state index in [1.165, 1.54) is 173 Å². The van der Waals surface area contributed by atoms with E-state index in [0.29, 0.717) is 12.8 Å². The van der Waals surface area contributed by atoms with E-state index in [-0.39, 0.29) is 25.2 Å². The molecule has 0 heterocycles. The van der Waals surface area contributed by atoms with Crippen molar-refractivity contribution >= 4 is 11.9 Å². The summed E-state index contributed by atoms with van der Waals surface area (Å²) in [5, 5.41) is 9.56. The van der Waals surface area contributed by atoms with Crippen LogP contribution in [0.2, 0.25) is 0 Å². The van der Waals surface area contributed by atoms with E-state index in [4.69, 9.17) is 9.47 Å². The van der Waals surface area contributed by atoms with Crippen molar-refractivity contribution < 1.29 is 24.2 Å². The number of hydrogen-bond acceptors (Lipinski definition) is 5. The minimum Gasteiger partial charge on any atom is -0.462 e. The second-order valence-corrected chi connectivity index (χ2v) is 15.0. The molecule has 0 saturated carbocycles. The summed E-state index contributed by atoms with van der Waals surface area (Å²) in [6.45, 7) is 6.56. The van der Waals surface area contributed by atoms with E-state index in [0.717, 1.165) is 38.0 Å². The van der Waals surface area contributed by atoms with Crippen LogP contribution in [0, 0.1) is 5.92 Å². The molecule has 1 unspecified atom stereocenters. The molecule has 1 N–H and O–H groups in total. The normalized spacial score (nSPS) is 12.7. The fourth-order valence-corrected chi connectivity index (χ4v) is 6.53. The Bertz CT molecular complexity index is 666. The molecule has 0 aliphatic carbocycles. The number of rotatable bonds is 39. The molecular formula is C43H84O5. The molecule has 0 aromatic heterocycles. The summed E-state index contributed by atoms with van der Waals surface area (Å²) in [5.41, 5.74) is 0. The van der Waals surface area contributed by atoms with Gasteiger partial charge in [-0.1, -0.05) is 213 Å². The first-order chi connectivity index (χ1) is 23.5. The molecule has 5 nitrogen and oxygen atoms in total. The molecule has 0 spiro atoms. The van der Waals surface area contributed by atoms with Crippen molar-refractivity contribution in [2.75, 3.05) is 13.2 Å². The molecular weight excluding hydrogens is 596 g/mol. The number of aliphatic hydroxyl groups excluding tert-OH is 1. The van der Waals surface area contributed by atoms with E-state index in [2.05, 4.69) is 20.8 Å². The number of unbranched alkanes of at least 4 members (excludes halogenated alkanes) is 28. The predicted octanol–water partition coefficient (Wildman–Crippen LogP) is 13.4. The number of esters is 2. The topological polar surface area (TPSA) is 72.8 Å². The van der Waals surface area contributed by atoms with Crippen molar-refractivity contribution in [1.29, 1.82) is 0 Å². The minimum atomic E-state index is -0.762. The van der Waals surface area contributed by atoms with E-state index in [9.17, 15) is 14.7 Å². The van der Waals surface area contributed by atoms with Gasteiger partial charge in [0.1, 0.15) is 6.61 Å². The molecule has 0 aromatic rings. The van der Waals surface area contributed by atoms with E-state index in [1.807, 2.05) is 0 Å². The Morgan fingerprint density at radius 3 is 1.17 bits per heavy atom. The highest BCUT2D eigenvalue weighted by atomic mass is 16.6. The maximum absolute atomic E-state index is 12.2. The zero-order chi connectivity index (χ0) is 35.2. The van der Waals surface area contributed by atoms with E-state index in [1.54, 1.807) is 0 Å². The van der Waals surface area contributed by atoms with E-state index < -0.39 is 6.10 Å². The van der Waals surface area contributed by atoms with E-state index >= 15 is 0 Å². The zero-order valence-corrected chi connectivity index (χ0v) is 32.7. The molecule has 0 saturated heterocycles. The Kier molecular flexibility index (Phi) is 37.8. The monoisotopic (exact) mass is 681 g/mol. The Balaban J connectivity index is 3.45. The van der Waals surface area contributed by atoms with Crippen LogP contribution in [0.25, 0.3) is 0 Å². The molecule has 0 fully saturated rings. The molecule has 0 aromatic carbocycles. The Hall–Kier alpha value is -1.10. The van der Waals surface area contributed by atoms with Gasteiger partial charge in [-0.2, -0.15) is 0 Å². The van der Waals surface area contributed by atoms with Crippen LogP contribution < -0.4 is 0 Å². The van der Waals surface area contributed by atoms with Crippen LogP contribution in [0.4, 0.5) is 0 Å². The summed E-state index contributed by atoms with van der Waals surface area (Å²) in [5.74, 6) is 0.340. The maximum Gasteiger partial charge on any atom is 0.306 e. The highest BCUT2D eigenvalue weighted by molar-refractivity contribution is 5.70. The summed E-state index contributed by atoms with van der Waals surface area (Å²) < 4.78 is 10.6. The van der Waals surface area contributed by atoms with Crippen LogP contribution in [0.15, 0.2) is 0 Å². The molecule has 2 atom stereocenters. The van der Waals surface area contributed by atoms with Crippen molar-refractivity contribution in [2.45, 2.75) is 245 Å². The highest BCUT2D eigenvalue weighted by Gasteiger charge is 2.16. The number of carbonyl (C=O) groups is 2. The van der Waals surface area contributed by atoms with Crippen LogP contribution in [-0.4, -0.2) is 36.4 Å². The molecule has 5 heteroatoms. The van der Waals surface area contributed by atoms with Gasteiger partial charge in [-0.25, -0.2) is 0 Å². The van der Waals surface area contributed by atoms with Gasteiger partial charge < -0.3 is 14.6 Å². The van der Waals surface area contributed by atoms with Gasteiger partial charge in [-0.3, -0.25) is 9.59 Å². The van der Waals surface area contributed by atoms with Gasteiger partial charge in [-0.15, -0.1) is 0 Å². The smallest absolute Gasteiger partial charge is 0.306 e. The third-order valence-corrected chi connectivity index (χ3v) is 10.2. The number of hydrogen-bond donors (Lipinski definition) is 1. The fraction of sp³-hybridized carbons (Fsp3) is 0.953. The number of carbonyl (C=O) groups excluding carboxylic acids is 2. The largest absolute Gasteiger partial charge is 0.462 e. The predicted molar refractivity (Wildman–Crippen MR) is 205 cm³/mol. The fourth-order valence-electron chi connectivity index (χ4n) is 6.53. The Morgan fingerprint density at radius 2 is 0.812 bits per heavy atom. The van der Waals surface area contributed by atoms with Crippen molar-refractivity contribution in [3.63, 3.8) is 0 Å². The second-order valence-electron chi connectivity index (χ2n) is 15.0. The Labute approximate surface area is 299 Å². The van der Waals surface area contributed by atoms with Gasteiger partial charge in [0.15, 0.2) is 6.10 Å². The van der Waals surface area contributed by atoms with Crippen molar-refractivity contribution in [3.05, 3.63) is 0 Å². The molecule has 0 rings (SSSR count). The average molecular weight is 681 g/mol. The molecule has 0 radical (unpaired) electrons. The lowest BCUT2D eigenvalue weighted by Crippen LogP contribution is -2.28. The van der Waals surface area contributed by atoms with Gasteiger partial charge in [0, 0.05) is 12.8 Å². The second kappa shape index (κ2) is 38.7. The zero-order valence-electron chi connectivity index (χ0n) is 32.7. The highest BCUT2D eigenvalue weighted by Crippen LogP contribution is 2.17. The summed E-state index contributed by atoms with van der Waals surface area (Å²) >= 11 is 0. The van der Waals surface area contributed by atoms with Crippen LogP contribution in [-0.2, 0) is 19.1 Å². The molecule has 0 aliphatic rings. The minimum absolute atomic E-state index is 0.0574. The lowest BCUT2D eigenvalue weighted by atomic mass is 9.99. The van der Waals surface area contributed by atoms with Gasteiger partial charge in [0.2, 0.25) is 0 Å². The number of ether oxygens (including phenoxy) is 2. The van der Waals surface area contributed by atoms with Crippen molar-refractivity contribution in [2.24, 2.45) is 5.92 Å². The molecule has 0 aliphatic heterocycles.